The Morgan fingerprint density at radius 3 is 2.55 bits per heavy atom. The molecule has 1 aliphatic rings. The van der Waals surface area contributed by atoms with Gasteiger partial charge in [0.15, 0.2) is 0 Å². The van der Waals surface area contributed by atoms with Crippen LogP contribution in [0.25, 0.3) is 0 Å². The van der Waals surface area contributed by atoms with Crippen LogP contribution in [0.3, 0.4) is 0 Å². The molecule has 0 aliphatic heterocycles. The van der Waals surface area contributed by atoms with Crippen molar-refractivity contribution in [2.24, 2.45) is 0 Å². The molecule has 4 rings (SSSR count). The Hall–Kier alpha value is -3.21. The van der Waals surface area contributed by atoms with Crippen LogP contribution in [0.4, 0.5) is 10.1 Å². The number of nitrogens with zero attached hydrogens (tertiary/aromatic N) is 1. The highest BCUT2D eigenvalue weighted by Crippen LogP contribution is 2.32. The van der Waals surface area contributed by atoms with Crippen molar-refractivity contribution in [2.75, 3.05) is 5.32 Å². The Labute approximate surface area is 182 Å². The number of hydrogen-bond donors (Lipinski definition) is 1. The van der Waals surface area contributed by atoms with Gasteiger partial charge in [-0.05, 0) is 54.2 Å². The van der Waals surface area contributed by atoms with Crippen LogP contribution in [0.1, 0.15) is 65.2 Å². The highest BCUT2D eigenvalue weighted by molar-refractivity contribution is 5.90. The summed E-state index contributed by atoms with van der Waals surface area (Å²) in [5.41, 5.74) is 3.59. The molecule has 5 heteroatoms. The van der Waals surface area contributed by atoms with Crippen molar-refractivity contribution >= 4 is 11.7 Å². The van der Waals surface area contributed by atoms with Gasteiger partial charge in [-0.3, -0.25) is 4.98 Å². The van der Waals surface area contributed by atoms with Crippen molar-refractivity contribution in [2.45, 2.75) is 51.2 Å². The monoisotopic (exact) mass is 418 g/mol. The van der Waals surface area contributed by atoms with Crippen molar-refractivity contribution in [3.8, 4) is 0 Å². The van der Waals surface area contributed by atoms with Crippen LogP contribution in [-0.4, -0.2) is 11.0 Å². The first-order valence-corrected chi connectivity index (χ1v) is 10.9. The van der Waals surface area contributed by atoms with E-state index >= 15 is 0 Å². The lowest BCUT2D eigenvalue weighted by molar-refractivity contribution is 0.0467. The molecule has 0 atom stereocenters. The molecular weight excluding hydrogens is 391 g/mol. The number of pyridine rings is 1. The fourth-order valence-electron chi connectivity index (χ4n) is 4.00. The summed E-state index contributed by atoms with van der Waals surface area (Å²) in [4.78, 5) is 16.8. The summed E-state index contributed by atoms with van der Waals surface area (Å²) in [6.45, 7) is 0.601. The fraction of sp³-hybridized carbons (Fsp3) is 0.308. The minimum atomic E-state index is -0.673. The first kappa shape index (κ1) is 21.0. The predicted molar refractivity (Wildman–Crippen MR) is 119 cm³/mol. The molecule has 0 unspecified atom stereocenters. The number of anilines is 1. The minimum absolute atomic E-state index is 0.0727. The first-order valence-electron chi connectivity index (χ1n) is 10.9. The van der Waals surface area contributed by atoms with E-state index in [1.54, 1.807) is 6.07 Å². The average molecular weight is 419 g/mol. The van der Waals surface area contributed by atoms with Gasteiger partial charge in [0.05, 0.1) is 17.8 Å². The highest BCUT2D eigenvalue weighted by Gasteiger charge is 2.16. The van der Waals surface area contributed by atoms with Crippen LogP contribution in [0.2, 0.25) is 0 Å². The summed E-state index contributed by atoms with van der Waals surface area (Å²) in [5.74, 6) is -0.650. The maximum atomic E-state index is 14.5. The number of carbonyl (C=O) groups excluding carboxylic acids is 1. The Bertz CT molecular complexity index is 1000. The fourth-order valence-corrected chi connectivity index (χ4v) is 4.00. The molecule has 31 heavy (non-hydrogen) atoms. The van der Waals surface area contributed by atoms with E-state index < -0.39 is 11.8 Å². The normalized spacial score (nSPS) is 14.2. The second-order valence-electron chi connectivity index (χ2n) is 8.03. The summed E-state index contributed by atoms with van der Waals surface area (Å²) in [6.07, 6.45) is 8.41. The van der Waals surface area contributed by atoms with E-state index in [1.807, 2.05) is 42.6 Å². The molecule has 1 aliphatic carbocycles. The molecule has 1 saturated carbocycles. The summed E-state index contributed by atoms with van der Waals surface area (Å²) in [7, 11) is 0. The molecule has 1 fully saturated rings. The van der Waals surface area contributed by atoms with Crippen molar-refractivity contribution in [1.82, 2.24) is 4.98 Å². The van der Waals surface area contributed by atoms with Gasteiger partial charge in [-0.15, -0.1) is 0 Å². The molecule has 4 nitrogen and oxygen atoms in total. The minimum Gasteiger partial charge on any atom is -0.457 e. The van der Waals surface area contributed by atoms with Gasteiger partial charge in [-0.1, -0.05) is 55.7 Å². The smallest absolute Gasteiger partial charge is 0.341 e. The first-order chi connectivity index (χ1) is 15.2. The molecule has 0 radical (unpaired) electrons. The van der Waals surface area contributed by atoms with Gasteiger partial charge in [0, 0.05) is 11.9 Å². The van der Waals surface area contributed by atoms with Gasteiger partial charge in [-0.25, -0.2) is 9.18 Å². The van der Waals surface area contributed by atoms with Crippen LogP contribution >= 0.6 is 0 Å². The van der Waals surface area contributed by atoms with Gasteiger partial charge in [0.25, 0.3) is 0 Å². The molecule has 1 heterocycles. The SMILES string of the molecule is O=C(OCc1ccccc1)c1ccc(NCc2ccc(C3CCCCC3)cn2)cc1F. The van der Waals surface area contributed by atoms with Gasteiger partial charge in [0.2, 0.25) is 0 Å². The number of esters is 1. The zero-order valence-electron chi connectivity index (χ0n) is 17.5. The quantitative estimate of drug-likeness (QED) is 0.462. The predicted octanol–water partition coefficient (Wildman–Crippen LogP) is 6.24. The molecular formula is C26H27FN2O2. The Morgan fingerprint density at radius 1 is 1.03 bits per heavy atom. The van der Waals surface area contributed by atoms with Crippen molar-refractivity contribution in [3.05, 3.63) is 95.1 Å². The number of halogens is 1. The molecule has 0 bridgehead atoms. The number of carbonyl (C=O) groups is 1. The lowest BCUT2D eigenvalue weighted by Crippen LogP contribution is -2.09. The number of ether oxygens (including phenoxy) is 1. The number of nitrogens with one attached hydrogen (secondary N) is 1. The molecule has 0 amide bonds. The Kier molecular flexibility index (Phi) is 6.92. The zero-order chi connectivity index (χ0) is 21.5. The number of rotatable bonds is 7. The maximum absolute atomic E-state index is 14.5. The molecule has 1 N–H and O–H groups in total. The lowest BCUT2D eigenvalue weighted by Gasteiger charge is -2.21. The van der Waals surface area contributed by atoms with Crippen molar-refractivity contribution in [1.29, 1.82) is 0 Å². The lowest BCUT2D eigenvalue weighted by atomic mass is 9.85. The average Bonchev–Trinajstić information content (AvgIpc) is 2.83. The van der Waals surface area contributed by atoms with Crippen LogP contribution in [0.15, 0.2) is 66.9 Å². The van der Waals surface area contributed by atoms with Crippen LogP contribution in [-0.2, 0) is 17.9 Å². The standard InChI is InChI=1S/C26H27FN2O2/c27-25-15-22(13-14-24(25)26(30)31-18-19-7-3-1-4-8-19)29-17-23-12-11-21(16-28-23)20-9-5-2-6-10-20/h1,3-4,7-8,11-16,20,29H,2,5-6,9-10,17-18H2. The summed E-state index contributed by atoms with van der Waals surface area (Å²) in [5, 5.41) is 3.17. The third kappa shape index (κ3) is 5.69. The van der Waals surface area contributed by atoms with Gasteiger partial charge in [0.1, 0.15) is 12.4 Å². The highest BCUT2D eigenvalue weighted by atomic mass is 19.1. The van der Waals surface area contributed by atoms with Crippen LogP contribution in [0.5, 0.6) is 0 Å². The van der Waals surface area contributed by atoms with E-state index in [0.29, 0.717) is 18.2 Å². The van der Waals surface area contributed by atoms with Crippen molar-refractivity contribution < 1.29 is 13.9 Å². The van der Waals surface area contributed by atoms with E-state index in [4.69, 9.17) is 4.74 Å². The number of hydrogen-bond acceptors (Lipinski definition) is 4. The maximum Gasteiger partial charge on any atom is 0.341 e. The van der Waals surface area contributed by atoms with Crippen LogP contribution < -0.4 is 5.32 Å². The van der Waals surface area contributed by atoms with Gasteiger partial charge < -0.3 is 10.1 Å². The summed E-state index contributed by atoms with van der Waals surface area (Å²) >= 11 is 0. The molecule has 160 valence electrons. The molecule has 0 saturated heterocycles. The summed E-state index contributed by atoms with van der Waals surface area (Å²) < 4.78 is 19.7. The molecule has 1 aromatic heterocycles. The van der Waals surface area contributed by atoms with Gasteiger partial charge >= 0.3 is 5.97 Å². The molecule has 3 aromatic rings. The van der Waals surface area contributed by atoms with E-state index in [2.05, 4.69) is 16.4 Å². The van der Waals surface area contributed by atoms with Crippen LogP contribution in [0, 0.1) is 5.82 Å². The Morgan fingerprint density at radius 2 is 1.84 bits per heavy atom. The second kappa shape index (κ2) is 10.2. The molecule has 0 spiro atoms. The largest absolute Gasteiger partial charge is 0.457 e. The van der Waals surface area contributed by atoms with E-state index in [0.717, 1.165) is 11.3 Å². The van der Waals surface area contributed by atoms with E-state index in [-0.39, 0.29) is 12.2 Å². The number of benzene rings is 2. The molecule has 2 aromatic carbocycles. The Balaban J connectivity index is 1.31. The van der Waals surface area contributed by atoms with E-state index in [9.17, 15) is 9.18 Å². The van der Waals surface area contributed by atoms with Gasteiger partial charge in [-0.2, -0.15) is 0 Å². The zero-order valence-corrected chi connectivity index (χ0v) is 17.5. The van der Waals surface area contributed by atoms with E-state index in [1.165, 1.54) is 49.8 Å². The summed E-state index contributed by atoms with van der Waals surface area (Å²) in [6, 6.07) is 18.0. The topological polar surface area (TPSA) is 51.2 Å². The third-order valence-electron chi connectivity index (χ3n) is 5.80. The van der Waals surface area contributed by atoms with Crippen molar-refractivity contribution in [3.63, 3.8) is 0 Å². The number of aromatic nitrogens is 1. The third-order valence-corrected chi connectivity index (χ3v) is 5.80. The second-order valence-corrected chi connectivity index (χ2v) is 8.03.